The van der Waals surface area contributed by atoms with Crippen LogP contribution in [0.15, 0.2) is 53.0 Å². The molecule has 0 unspecified atom stereocenters. The number of carbonyl (C=O) groups is 1. The molecule has 12 heteroatoms. The molecule has 9 nitrogen and oxygen atoms in total. The minimum atomic E-state index is -3.63. The molecule has 5 rings (SSSR count). The van der Waals surface area contributed by atoms with Crippen LogP contribution < -0.4 is 5.32 Å². The average molecular weight is 518 g/mol. The number of anilines is 1. The van der Waals surface area contributed by atoms with Crippen LogP contribution >= 0.6 is 22.9 Å². The smallest absolute Gasteiger partial charge is 0.243 e. The van der Waals surface area contributed by atoms with Crippen LogP contribution in [0, 0.1) is 0 Å². The van der Waals surface area contributed by atoms with Crippen LogP contribution in [0.25, 0.3) is 22.3 Å². The van der Waals surface area contributed by atoms with Gasteiger partial charge in [-0.25, -0.2) is 18.4 Å². The maximum Gasteiger partial charge on any atom is 0.243 e. The molecule has 0 bridgehead atoms. The average Bonchev–Trinajstić information content (AvgIpc) is 3.46. The van der Waals surface area contributed by atoms with Gasteiger partial charge >= 0.3 is 0 Å². The first-order chi connectivity index (χ1) is 16.4. The number of benzene rings is 1. The van der Waals surface area contributed by atoms with Gasteiger partial charge in [-0.1, -0.05) is 23.7 Å². The lowest BCUT2D eigenvalue weighted by molar-refractivity contribution is -0.115. The highest BCUT2D eigenvalue weighted by Gasteiger charge is 2.26. The number of sulfonamides is 1. The second-order valence-corrected chi connectivity index (χ2v) is 10.9. The number of morpholine rings is 1. The SMILES string of the molecule is O=C(Cc1cccc(S(=O)(=O)N2CCOCC2)c1)Nc1nc(-c2c[nH]c3ncc(Cl)cc23)cs1. The molecule has 176 valence electrons. The van der Waals surface area contributed by atoms with Crippen molar-refractivity contribution in [3.8, 4) is 11.3 Å². The zero-order valence-electron chi connectivity index (χ0n) is 17.8. The van der Waals surface area contributed by atoms with E-state index in [1.54, 1.807) is 36.7 Å². The predicted molar refractivity (Wildman–Crippen MR) is 131 cm³/mol. The number of nitrogens with one attached hydrogen (secondary N) is 2. The first-order valence-corrected chi connectivity index (χ1v) is 13.1. The maximum atomic E-state index is 12.9. The van der Waals surface area contributed by atoms with Gasteiger partial charge in [-0.05, 0) is 23.8 Å². The first-order valence-electron chi connectivity index (χ1n) is 10.5. The fourth-order valence-corrected chi connectivity index (χ4v) is 6.11. The Labute approximate surface area is 204 Å². The van der Waals surface area contributed by atoms with Gasteiger partial charge in [-0.15, -0.1) is 11.3 Å². The highest BCUT2D eigenvalue weighted by molar-refractivity contribution is 7.89. The number of pyridine rings is 1. The van der Waals surface area contributed by atoms with Gasteiger partial charge in [0.1, 0.15) is 5.65 Å². The molecule has 1 aliphatic rings. The van der Waals surface area contributed by atoms with E-state index in [2.05, 4.69) is 20.3 Å². The molecular formula is C22H20ClN5O4S2. The van der Waals surface area contributed by atoms with Crippen molar-refractivity contribution in [3.05, 3.63) is 58.7 Å². The van der Waals surface area contributed by atoms with Gasteiger partial charge in [0.05, 0.1) is 35.2 Å². The summed E-state index contributed by atoms with van der Waals surface area (Å²) in [6.45, 7) is 1.38. The van der Waals surface area contributed by atoms with E-state index in [1.165, 1.54) is 15.6 Å². The fourth-order valence-electron chi connectivity index (χ4n) is 3.75. The van der Waals surface area contributed by atoms with E-state index in [4.69, 9.17) is 16.3 Å². The summed E-state index contributed by atoms with van der Waals surface area (Å²) in [7, 11) is -3.63. The molecule has 3 aromatic heterocycles. The Morgan fingerprint density at radius 2 is 2.09 bits per heavy atom. The number of aromatic nitrogens is 3. The van der Waals surface area contributed by atoms with E-state index in [-0.39, 0.29) is 17.2 Å². The number of hydrogen-bond acceptors (Lipinski definition) is 7. The second kappa shape index (κ2) is 9.43. The highest BCUT2D eigenvalue weighted by atomic mass is 35.5. The zero-order valence-corrected chi connectivity index (χ0v) is 20.2. The number of rotatable bonds is 6. The molecule has 1 aliphatic heterocycles. The third-order valence-electron chi connectivity index (χ3n) is 5.40. The van der Waals surface area contributed by atoms with Crippen molar-refractivity contribution in [2.24, 2.45) is 0 Å². The van der Waals surface area contributed by atoms with Crippen LogP contribution in [0.4, 0.5) is 5.13 Å². The predicted octanol–water partition coefficient (Wildman–Crippen LogP) is 3.54. The summed E-state index contributed by atoms with van der Waals surface area (Å²) in [6, 6.07) is 8.27. The third-order valence-corrected chi connectivity index (χ3v) is 8.25. The maximum absolute atomic E-state index is 12.9. The van der Waals surface area contributed by atoms with Crippen molar-refractivity contribution in [2.75, 3.05) is 31.6 Å². The zero-order chi connectivity index (χ0) is 23.7. The molecule has 2 N–H and O–H groups in total. The summed E-state index contributed by atoms with van der Waals surface area (Å²) in [4.78, 5) is 24.7. The monoisotopic (exact) mass is 517 g/mol. The molecule has 0 saturated carbocycles. The molecule has 0 atom stereocenters. The number of fused-ring (bicyclic) bond motifs is 1. The number of thiazole rings is 1. The Hall–Kier alpha value is -2.83. The lowest BCUT2D eigenvalue weighted by atomic mass is 10.1. The van der Waals surface area contributed by atoms with Crippen LogP contribution in [0.3, 0.4) is 0 Å². The van der Waals surface area contributed by atoms with Crippen LogP contribution in [0.2, 0.25) is 5.02 Å². The van der Waals surface area contributed by atoms with Gasteiger partial charge in [-0.2, -0.15) is 4.31 Å². The summed E-state index contributed by atoms with van der Waals surface area (Å²) >= 11 is 7.37. The van der Waals surface area contributed by atoms with Crippen molar-refractivity contribution < 1.29 is 17.9 Å². The number of aromatic amines is 1. The topological polar surface area (TPSA) is 117 Å². The van der Waals surface area contributed by atoms with Gasteiger partial charge < -0.3 is 15.0 Å². The minimum Gasteiger partial charge on any atom is -0.379 e. The summed E-state index contributed by atoms with van der Waals surface area (Å²) < 4.78 is 32.4. The summed E-state index contributed by atoms with van der Waals surface area (Å²) in [5, 5.41) is 6.45. The summed E-state index contributed by atoms with van der Waals surface area (Å²) in [6.07, 6.45) is 3.39. The van der Waals surface area contributed by atoms with Crippen molar-refractivity contribution in [1.82, 2.24) is 19.3 Å². The molecule has 0 spiro atoms. The Morgan fingerprint density at radius 3 is 2.91 bits per heavy atom. The van der Waals surface area contributed by atoms with Crippen molar-refractivity contribution >= 4 is 55.0 Å². The van der Waals surface area contributed by atoms with Crippen LogP contribution in [0.5, 0.6) is 0 Å². The van der Waals surface area contributed by atoms with Crippen LogP contribution in [0.1, 0.15) is 5.56 Å². The fraction of sp³-hybridized carbons (Fsp3) is 0.227. The quantitative estimate of drug-likeness (QED) is 0.404. The van der Waals surface area contributed by atoms with E-state index in [9.17, 15) is 13.2 Å². The molecule has 34 heavy (non-hydrogen) atoms. The second-order valence-electron chi connectivity index (χ2n) is 7.68. The van der Waals surface area contributed by atoms with E-state index in [1.807, 2.05) is 11.4 Å². The van der Waals surface area contributed by atoms with Gasteiger partial charge in [0, 0.05) is 41.8 Å². The third kappa shape index (κ3) is 4.70. The summed E-state index contributed by atoms with van der Waals surface area (Å²) in [5.41, 5.74) is 2.82. The molecule has 0 radical (unpaired) electrons. The van der Waals surface area contributed by atoms with Crippen LogP contribution in [-0.4, -0.2) is 59.9 Å². The van der Waals surface area contributed by atoms with Crippen molar-refractivity contribution in [2.45, 2.75) is 11.3 Å². The number of halogens is 1. The minimum absolute atomic E-state index is 0.0218. The van der Waals surface area contributed by atoms with E-state index >= 15 is 0 Å². The first kappa shape index (κ1) is 22.9. The molecule has 1 amide bonds. The normalized spacial score (nSPS) is 15.0. The van der Waals surface area contributed by atoms with E-state index in [0.717, 1.165) is 10.9 Å². The number of ether oxygens (including phenoxy) is 1. The van der Waals surface area contributed by atoms with E-state index < -0.39 is 10.0 Å². The van der Waals surface area contributed by atoms with Crippen molar-refractivity contribution in [1.29, 1.82) is 0 Å². The highest BCUT2D eigenvalue weighted by Crippen LogP contribution is 2.31. The Bertz CT molecular complexity index is 1460. The van der Waals surface area contributed by atoms with Crippen LogP contribution in [-0.2, 0) is 26.0 Å². The number of nitrogens with zero attached hydrogens (tertiary/aromatic N) is 3. The molecule has 1 aromatic carbocycles. The molecule has 0 aliphatic carbocycles. The molecule has 4 aromatic rings. The molecule has 1 saturated heterocycles. The molecular weight excluding hydrogens is 498 g/mol. The molecule has 1 fully saturated rings. The summed E-state index contributed by atoms with van der Waals surface area (Å²) in [5.74, 6) is -0.287. The number of carbonyl (C=O) groups excluding carboxylic acids is 1. The van der Waals surface area contributed by atoms with Gasteiger partial charge in [0.25, 0.3) is 0 Å². The van der Waals surface area contributed by atoms with Gasteiger partial charge in [0.15, 0.2) is 5.13 Å². The van der Waals surface area contributed by atoms with Crippen molar-refractivity contribution in [3.63, 3.8) is 0 Å². The lowest BCUT2D eigenvalue weighted by Gasteiger charge is -2.26. The standard InChI is InChI=1S/C22H20ClN5O4S2/c23-15-10-17-18(12-25-21(17)24-11-15)19-13-33-22(26-19)27-20(29)9-14-2-1-3-16(8-14)34(30,31)28-4-6-32-7-5-28/h1-3,8,10-13H,4-7,9H2,(H,24,25)(H,26,27,29). The van der Waals surface area contributed by atoms with E-state index in [0.29, 0.717) is 53.4 Å². The Morgan fingerprint density at radius 1 is 1.26 bits per heavy atom. The largest absolute Gasteiger partial charge is 0.379 e. The van der Waals surface area contributed by atoms with Gasteiger partial charge in [-0.3, -0.25) is 4.79 Å². The Balaban J connectivity index is 1.28. The number of hydrogen-bond donors (Lipinski definition) is 2. The number of amides is 1. The van der Waals surface area contributed by atoms with Gasteiger partial charge in [0.2, 0.25) is 15.9 Å². The Kier molecular flexibility index (Phi) is 6.36. The lowest BCUT2D eigenvalue weighted by Crippen LogP contribution is -2.40. The number of H-pyrrole nitrogens is 1. The molecule has 4 heterocycles.